The highest BCUT2D eigenvalue weighted by Gasteiger charge is 2.11. The maximum Gasteiger partial charge on any atom is 0.415 e. The molecule has 56 valence electrons. The van der Waals surface area contributed by atoms with Crippen LogP contribution in [0.15, 0.2) is 22.9 Å². The summed E-state index contributed by atoms with van der Waals surface area (Å²) in [5.41, 5.74) is 0.447. The van der Waals surface area contributed by atoms with Gasteiger partial charge >= 0.3 is 11.6 Å². The standard InChI is InChI=1S/C6H4N2O3/c9-5-2-1-4-6(8(5)10)11-3-7-4/h1-3,9H. The van der Waals surface area contributed by atoms with Crippen molar-refractivity contribution in [2.45, 2.75) is 0 Å². The largest absolute Gasteiger partial charge is 0.613 e. The average Bonchev–Trinajstić information content (AvgIpc) is 2.45. The minimum Gasteiger partial charge on any atom is -0.613 e. The number of hydrogen-bond acceptors (Lipinski definition) is 4. The fourth-order valence-electron chi connectivity index (χ4n) is 0.840. The first-order valence-electron chi connectivity index (χ1n) is 2.94. The second-order valence-electron chi connectivity index (χ2n) is 2.03. The smallest absolute Gasteiger partial charge is 0.415 e. The van der Waals surface area contributed by atoms with E-state index in [0.29, 0.717) is 5.52 Å². The molecule has 0 aliphatic heterocycles. The van der Waals surface area contributed by atoms with Crippen LogP contribution in [0, 0.1) is 5.21 Å². The Morgan fingerprint density at radius 3 is 3.18 bits per heavy atom. The fraction of sp³-hybridized carbons (Fsp3) is 0. The van der Waals surface area contributed by atoms with Gasteiger partial charge in [0.2, 0.25) is 0 Å². The summed E-state index contributed by atoms with van der Waals surface area (Å²) < 4.78 is 4.99. The molecule has 2 heterocycles. The van der Waals surface area contributed by atoms with Gasteiger partial charge in [0.1, 0.15) is 0 Å². The van der Waals surface area contributed by atoms with Crippen LogP contribution >= 0.6 is 0 Å². The van der Waals surface area contributed by atoms with Gasteiger partial charge in [0.15, 0.2) is 11.9 Å². The molecule has 0 aliphatic rings. The van der Waals surface area contributed by atoms with E-state index in [1.165, 1.54) is 12.1 Å². The molecule has 5 nitrogen and oxygen atoms in total. The third-order valence-corrected chi connectivity index (χ3v) is 1.36. The lowest BCUT2D eigenvalue weighted by Gasteiger charge is -1.95. The zero-order chi connectivity index (χ0) is 7.84. The summed E-state index contributed by atoms with van der Waals surface area (Å²) in [6, 6.07) is 2.76. The molecule has 2 aromatic rings. The number of rotatable bonds is 0. The van der Waals surface area contributed by atoms with Crippen molar-refractivity contribution in [3.05, 3.63) is 23.7 Å². The van der Waals surface area contributed by atoms with E-state index in [4.69, 9.17) is 9.52 Å². The summed E-state index contributed by atoms with van der Waals surface area (Å²) in [5.74, 6) is -0.394. The Labute approximate surface area is 61.1 Å². The summed E-state index contributed by atoms with van der Waals surface area (Å²) in [6.07, 6.45) is 1.15. The van der Waals surface area contributed by atoms with Gasteiger partial charge in [-0.1, -0.05) is 4.73 Å². The van der Waals surface area contributed by atoms with Crippen molar-refractivity contribution >= 4 is 11.2 Å². The predicted octanol–water partition coefficient (Wildman–Crippen LogP) is 0.167. The Hall–Kier alpha value is -1.78. The molecule has 0 aliphatic carbocycles. The molecule has 0 atom stereocenters. The zero-order valence-electron chi connectivity index (χ0n) is 5.39. The van der Waals surface area contributed by atoms with Crippen molar-refractivity contribution in [3.63, 3.8) is 0 Å². The molecular weight excluding hydrogens is 148 g/mol. The Kier molecular flexibility index (Phi) is 1.00. The van der Waals surface area contributed by atoms with Gasteiger partial charge in [0.25, 0.3) is 0 Å². The molecule has 11 heavy (non-hydrogen) atoms. The van der Waals surface area contributed by atoms with E-state index in [-0.39, 0.29) is 10.4 Å². The summed E-state index contributed by atoms with van der Waals surface area (Å²) in [6.45, 7) is 0. The highest BCUT2D eigenvalue weighted by atomic mass is 16.5. The maximum atomic E-state index is 10.9. The molecule has 0 unspecified atom stereocenters. The van der Waals surface area contributed by atoms with Crippen molar-refractivity contribution in [1.29, 1.82) is 0 Å². The quantitative estimate of drug-likeness (QED) is 0.431. The lowest BCUT2D eigenvalue weighted by Crippen LogP contribution is -2.26. The molecule has 5 heteroatoms. The third kappa shape index (κ3) is 0.706. The average molecular weight is 152 g/mol. The Morgan fingerprint density at radius 1 is 1.55 bits per heavy atom. The topological polar surface area (TPSA) is 73.2 Å². The fourth-order valence-corrected chi connectivity index (χ4v) is 0.840. The first kappa shape index (κ1) is 5.96. The van der Waals surface area contributed by atoms with Crippen LogP contribution < -0.4 is 4.73 Å². The highest BCUT2D eigenvalue weighted by Crippen LogP contribution is 2.10. The molecule has 0 amide bonds. The molecule has 0 saturated heterocycles. The number of pyridine rings is 1. The summed E-state index contributed by atoms with van der Waals surface area (Å²) in [4.78, 5) is 3.72. The molecule has 0 spiro atoms. The third-order valence-electron chi connectivity index (χ3n) is 1.36. The lowest BCUT2D eigenvalue weighted by atomic mass is 10.4. The molecule has 0 fully saturated rings. The molecule has 2 aromatic heterocycles. The van der Waals surface area contributed by atoms with Gasteiger partial charge in [0, 0.05) is 0 Å². The van der Waals surface area contributed by atoms with Crippen molar-refractivity contribution in [3.8, 4) is 5.88 Å². The normalized spacial score (nSPS) is 10.5. The zero-order valence-corrected chi connectivity index (χ0v) is 5.39. The van der Waals surface area contributed by atoms with E-state index in [2.05, 4.69) is 4.98 Å². The van der Waals surface area contributed by atoms with E-state index < -0.39 is 5.88 Å². The van der Waals surface area contributed by atoms with Crippen molar-refractivity contribution in [1.82, 2.24) is 4.98 Å². The van der Waals surface area contributed by atoms with Gasteiger partial charge in [-0.05, 0) is 6.07 Å². The molecule has 0 radical (unpaired) electrons. The van der Waals surface area contributed by atoms with Crippen LogP contribution in [0.4, 0.5) is 0 Å². The van der Waals surface area contributed by atoms with Crippen LogP contribution in [0.2, 0.25) is 0 Å². The lowest BCUT2D eigenvalue weighted by molar-refractivity contribution is -0.593. The van der Waals surface area contributed by atoms with Crippen LogP contribution in [-0.2, 0) is 0 Å². The number of nitrogens with zero attached hydrogens (tertiary/aromatic N) is 2. The van der Waals surface area contributed by atoms with Crippen LogP contribution in [0.25, 0.3) is 11.2 Å². The van der Waals surface area contributed by atoms with E-state index in [1.807, 2.05) is 0 Å². The second kappa shape index (κ2) is 1.85. The SMILES string of the molecule is [O-][n+]1c(O)ccc2ncoc21. The summed E-state index contributed by atoms with van der Waals surface area (Å²) in [5, 5.41) is 19.8. The number of aromatic nitrogens is 2. The van der Waals surface area contributed by atoms with Crippen LogP contribution in [0.5, 0.6) is 5.88 Å². The van der Waals surface area contributed by atoms with Crippen molar-refractivity contribution in [2.75, 3.05) is 0 Å². The highest BCUT2D eigenvalue weighted by molar-refractivity contribution is 5.64. The molecule has 1 N–H and O–H groups in total. The summed E-state index contributed by atoms with van der Waals surface area (Å²) in [7, 11) is 0. The Balaban J connectivity index is 2.93. The molecule has 0 saturated carbocycles. The summed E-state index contributed by atoms with van der Waals surface area (Å²) >= 11 is 0. The van der Waals surface area contributed by atoms with E-state index in [0.717, 1.165) is 6.39 Å². The monoisotopic (exact) mass is 152 g/mol. The second-order valence-corrected chi connectivity index (χ2v) is 2.03. The maximum absolute atomic E-state index is 10.9. The van der Waals surface area contributed by atoms with Crippen LogP contribution in [0.1, 0.15) is 0 Å². The minimum absolute atomic E-state index is 0.0185. The number of hydrogen-bond donors (Lipinski definition) is 1. The molecule has 0 bridgehead atoms. The van der Waals surface area contributed by atoms with Gasteiger partial charge in [-0.3, -0.25) is 0 Å². The van der Waals surface area contributed by atoms with Gasteiger partial charge in [-0.15, -0.1) is 0 Å². The molecule has 0 aromatic carbocycles. The number of aromatic hydroxyl groups is 1. The van der Waals surface area contributed by atoms with Gasteiger partial charge in [0.05, 0.1) is 6.07 Å². The van der Waals surface area contributed by atoms with Gasteiger partial charge in [-0.25, -0.2) is 4.98 Å². The Morgan fingerprint density at radius 2 is 2.36 bits per heavy atom. The molecule has 2 rings (SSSR count). The Bertz CT molecular complexity index is 396. The number of oxazole rings is 1. The van der Waals surface area contributed by atoms with Crippen LogP contribution in [-0.4, -0.2) is 10.1 Å². The van der Waals surface area contributed by atoms with Gasteiger partial charge in [-0.2, -0.15) is 0 Å². The van der Waals surface area contributed by atoms with E-state index in [1.54, 1.807) is 0 Å². The van der Waals surface area contributed by atoms with E-state index in [9.17, 15) is 5.21 Å². The van der Waals surface area contributed by atoms with Crippen molar-refractivity contribution < 1.29 is 14.3 Å². The predicted molar refractivity (Wildman–Crippen MR) is 34.6 cm³/mol. The van der Waals surface area contributed by atoms with Crippen molar-refractivity contribution in [2.24, 2.45) is 0 Å². The van der Waals surface area contributed by atoms with Crippen LogP contribution in [0.3, 0.4) is 0 Å². The molecular formula is C6H4N2O3. The first-order chi connectivity index (χ1) is 5.29. The first-order valence-corrected chi connectivity index (χ1v) is 2.94. The van der Waals surface area contributed by atoms with E-state index >= 15 is 0 Å². The number of fused-ring (bicyclic) bond motifs is 1. The van der Waals surface area contributed by atoms with Gasteiger partial charge < -0.3 is 14.7 Å². The minimum atomic E-state index is -0.394.